The van der Waals surface area contributed by atoms with Crippen molar-refractivity contribution in [2.24, 2.45) is 0 Å². The van der Waals surface area contributed by atoms with Gasteiger partial charge in [0.15, 0.2) is 6.04 Å². The number of nitrogens with one attached hydrogen (secondary N) is 1. The summed E-state index contributed by atoms with van der Waals surface area (Å²) >= 11 is 12.0. The Labute approximate surface area is 142 Å². The molecule has 0 bridgehead atoms. The van der Waals surface area contributed by atoms with Crippen molar-refractivity contribution in [2.75, 3.05) is 5.32 Å². The second-order valence-corrected chi connectivity index (χ2v) is 7.04. The van der Waals surface area contributed by atoms with Gasteiger partial charge in [0.2, 0.25) is 0 Å². The van der Waals surface area contributed by atoms with Crippen molar-refractivity contribution in [3.8, 4) is 0 Å². The number of nitrogens with two attached hydrogens (primary N) is 1. The maximum atomic E-state index is 12.3. The molecule has 0 saturated heterocycles. The van der Waals surface area contributed by atoms with Gasteiger partial charge in [-0.15, -0.1) is 0 Å². The van der Waals surface area contributed by atoms with Gasteiger partial charge in [0.25, 0.3) is 5.91 Å². The second-order valence-electron chi connectivity index (χ2n) is 6.20. The first-order valence-corrected chi connectivity index (χ1v) is 8.93. The Bertz CT molecular complexity index is 499. The van der Waals surface area contributed by atoms with Crippen molar-refractivity contribution in [3.05, 3.63) is 28.2 Å². The van der Waals surface area contributed by atoms with Crippen LogP contribution in [-0.4, -0.2) is 18.0 Å². The smallest absolute Gasteiger partial charge is 0.282 e. The normalized spacial score (nSPS) is 18.3. The van der Waals surface area contributed by atoms with E-state index in [9.17, 15) is 4.79 Å². The van der Waals surface area contributed by atoms with Crippen LogP contribution in [0.25, 0.3) is 0 Å². The third-order valence-electron chi connectivity index (χ3n) is 4.31. The summed E-state index contributed by atoms with van der Waals surface area (Å²) < 4.78 is 0. The van der Waals surface area contributed by atoms with E-state index < -0.39 is 0 Å². The Morgan fingerprint density at radius 3 is 2.45 bits per heavy atom. The molecule has 1 fully saturated rings. The van der Waals surface area contributed by atoms with E-state index in [0.29, 0.717) is 21.8 Å². The molecular weight excluding hydrogens is 319 g/mol. The summed E-state index contributed by atoms with van der Waals surface area (Å²) in [5, 5.41) is 6.14. The first-order valence-electron chi connectivity index (χ1n) is 8.17. The average Bonchev–Trinajstić information content (AvgIpc) is 2.44. The standard InChI is InChI=1S/C17H24Cl2N2O/c1-12(20-14-7-5-3-2-4-6-8-14)17(22)21-16-10-9-13(18)11-15(16)19/h9-12,14,20H,2-8H2,1H3,(H,21,22)/p+1/t12-/m1/s1. The molecule has 2 rings (SSSR count). The van der Waals surface area contributed by atoms with E-state index in [0.717, 1.165) is 0 Å². The molecule has 5 heteroatoms. The lowest BCUT2D eigenvalue weighted by molar-refractivity contribution is -0.707. The lowest BCUT2D eigenvalue weighted by atomic mass is 9.96. The van der Waals surface area contributed by atoms with Gasteiger partial charge in [-0.1, -0.05) is 42.5 Å². The highest BCUT2D eigenvalue weighted by Crippen LogP contribution is 2.25. The monoisotopic (exact) mass is 343 g/mol. The summed E-state index contributed by atoms with van der Waals surface area (Å²) in [5.74, 6) is -0.00807. The van der Waals surface area contributed by atoms with Crippen LogP contribution in [0.3, 0.4) is 0 Å². The summed E-state index contributed by atoms with van der Waals surface area (Å²) in [6.45, 7) is 1.96. The molecule has 0 unspecified atom stereocenters. The van der Waals surface area contributed by atoms with Crippen LogP contribution in [-0.2, 0) is 4.79 Å². The highest BCUT2D eigenvalue weighted by molar-refractivity contribution is 6.36. The lowest BCUT2D eigenvalue weighted by Gasteiger charge is -2.21. The molecule has 1 amide bonds. The Hall–Kier alpha value is -0.770. The minimum Gasteiger partial charge on any atom is -0.334 e. The molecule has 0 aliphatic heterocycles. The fraction of sp³-hybridized carbons (Fsp3) is 0.588. The van der Waals surface area contributed by atoms with E-state index in [1.165, 1.54) is 44.9 Å². The van der Waals surface area contributed by atoms with Crippen LogP contribution in [0.2, 0.25) is 10.0 Å². The van der Waals surface area contributed by atoms with Crippen LogP contribution in [0, 0.1) is 0 Å². The predicted molar refractivity (Wildman–Crippen MR) is 92.6 cm³/mol. The van der Waals surface area contributed by atoms with Gasteiger partial charge in [0, 0.05) is 5.02 Å². The van der Waals surface area contributed by atoms with Gasteiger partial charge in [-0.05, 0) is 50.8 Å². The van der Waals surface area contributed by atoms with E-state index >= 15 is 0 Å². The number of amides is 1. The number of benzene rings is 1. The summed E-state index contributed by atoms with van der Waals surface area (Å²) in [6, 6.07) is 5.55. The summed E-state index contributed by atoms with van der Waals surface area (Å²) in [7, 11) is 0. The summed E-state index contributed by atoms with van der Waals surface area (Å²) in [4.78, 5) is 12.3. The molecule has 1 aromatic carbocycles. The largest absolute Gasteiger partial charge is 0.334 e. The molecular formula is C17H25Cl2N2O+. The van der Waals surface area contributed by atoms with Gasteiger partial charge in [-0.3, -0.25) is 4.79 Å². The van der Waals surface area contributed by atoms with Gasteiger partial charge < -0.3 is 10.6 Å². The number of carbonyl (C=O) groups is 1. The van der Waals surface area contributed by atoms with E-state index in [1.807, 2.05) is 6.92 Å². The zero-order chi connectivity index (χ0) is 15.9. The van der Waals surface area contributed by atoms with E-state index in [2.05, 4.69) is 10.6 Å². The number of carbonyl (C=O) groups excluding carboxylic acids is 1. The maximum absolute atomic E-state index is 12.3. The number of quaternary nitrogens is 1. The van der Waals surface area contributed by atoms with Crippen molar-refractivity contribution in [3.63, 3.8) is 0 Å². The molecule has 0 aromatic heterocycles. The maximum Gasteiger partial charge on any atom is 0.282 e. The summed E-state index contributed by atoms with van der Waals surface area (Å²) in [6.07, 6.45) is 8.98. The highest BCUT2D eigenvalue weighted by Gasteiger charge is 2.22. The van der Waals surface area contributed by atoms with Gasteiger partial charge in [-0.25, -0.2) is 0 Å². The average molecular weight is 344 g/mol. The van der Waals surface area contributed by atoms with Crippen molar-refractivity contribution >= 4 is 34.8 Å². The first kappa shape index (κ1) is 17.6. The van der Waals surface area contributed by atoms with Crippen molar-refractivity contribution in [1.29, 1.82) is 0 Å². The Morgan fingerprint density at radius 1 is 1.18 bits per heavy atom. The number of rotatable bonds is 4. The molecule has 0 heterocycles. The Kier molecular flexibility index (Phi) is 7.00. The molecule has 22 heavy (non-hydrogen) atoms. The fourth-order valence-corrected chi connectivity index (χ4v) is 3.47. The van der Waals surface area contributed by atoms with Crippen molar-refractivity contribution in [2.45, 2.75) is 64.0 Å². The van der Waals surface area contributed by atoms with Crippen LogP contribution in [0.1, 0.15) is 51.9 Å². The van der Waals surface area contributed by atoms with Crippen LogP contribution >= 0.6 is 23.2 Å². The van der Waals surface area contributed by atoms with Crippen molar-refractivity contribution < 1.29 is 10.1 Å². The highest BCUT2D eigenvalue weighted by atomic mass is 35.5. The molecule has 3 nitrogen and oxygen atoms in total. The van der Waals surface area contributed by atoms with Crippen LogP contribution in [0.15, 0.2) is 18.2 Å². The molecule has 1 atom stereocenters. The van der Waals surface area contributed by atoms with Crippen LogP contribution in [0.5, 0.6) is 0 Å². The SMILES string of the molecule is C[C@@H]([NH2+]C1CCCCCCC1)C(=O)Nc1ccc(Cl)cc1Cl. The third kappa shape index (κ3) is 5.45. The zero-order valence-electron chi connectivity index (χ0n) is 13.1. The Balaban J connectivity index is 1.88. The van der Waals surface area contributed by atoms with Gasteiger partial charge >= 0.3 is 0 Å². The Morgan fingerprint density at radius 2 is 1.82 bits per heavy atom. The molecule has 1 saturated carbocycles. The van der Waals surface area contributed by atoms with Gasteiger partial charge in [0.05, 0.1) is 16.8 Å². The lowest BCUT2D eigenvalue weighted by Crippen LogP contribution is -2.96. The summed E-state index contributed by atoms with van der Waals surface area (Å²) in [5.41, 5.74) is 0.619. The predicted octanol–water partition coefficient (Wildman–Crippen LogP) is 4.00. The quantitative estimate of drug-likeness (QED) is 0.852. The number of anilines is 1. The molecule has 3 N–H and O–H groups in total. The number of hydrogen-bond acceptors (Lipinski definition) is 1. The number of hydrogen-bond donors (Lipinski definition) is 2. The minimum absolute atomic E-state index is 0.00807. The van der Waals surface area contributed by atoms with Gasteiger partial charge in [0.1, 0.15) is 0 Å². The van der Waals surface area contributed by atoms with E-state index in [-0.39, 0.29) is 11.9 Å². The number of halogens is 2. The van der Waals surface area contributed by atoms with Crippen LogP contribution < -0.4 is 10.6 Å². The second kappa shape index (κ2) is 8.76. The zero-order valence-corrected chi connectivity index (χ0v) is 14.6. The van der Waals surface area contributed by atoms with Crippen LogP contribution in [0.4, 0.5) is 5.69 Å². The molecule has 0 radical (unpaired) electrons. The molecule has 122 valence electrons. The van der Waals surface area contributed by atoms with E-state index in [1.54, 1.807) is 18.2 Å². The topological polar surface area (TPSA) is 45.7 Å². The molecule has 1 aliphatic carbocycles. The molecule has 0 spiro atoms. The third-order valence-corrected chi connectivity index (χ3v) is 4.86. The minimum atomic E-state index is -0.115. The van der Waals surface area contributed by atoms with E-state index in [4.69, 9.17) is 23.2 Å². The molecule has 1 aromatic rings. The fourth-order valence-electron chi connectivity index (χ4n) is 3.01. The van der Waals surface area contributed by atoms with Gasteiger partial charge in [-0.2, -0.15) is 0 Å². The first-order chi connectivity index (χ1) is 10.6. The van der Waals surface area contributed by atoms with Crippen molar-refractivity contribution in [1.82, 2.24) is 0 Å². The molecule has 1 aliphatic rings.